The summed E-state index contributed by atoms with van der Waals surface area (Å²) in [5, 5.41) is 9.44. The first-order valence-corrected chi connectivity index (χ1v) is 3.73. The molecule has 0 aliphatic rings. The number of hydrogen-bond acceptors (Lipinski definition) is 1. The van der Waals surface area contributed by atoms with Crippen LogP contribution in [0.25, 0.3) is 0 Å². The van der Waals surface area contributed by atoms with Crippen LogP contribution in [0.5, 0.6) is 0 Å². The first-order valence-electron chi connectivity index (χ1n) is 3.73. The van der Waals surface area contributed by atoms with E-state index >= 15 is 0 Å². The van der Waals surface area contributed by atoms with Gasteiger partial charge in [-0.25, -0.2) is 0 Å². The molecule has 0 aromatic heterocycles. The molecule has 0 aliphatic carbocycles. The highest BCUT2D eigenvalue weighted by Gasteiger charge is 2.28. The molecular weight excluding hydrogens is 124 g/mol. The van der Waals surface area contributed by atoms with Crippen molar-refractivity contribution < 1.29 is 5.11 Å². The molecular formula is C9H18O. The van der Waals surface area contributed by atoms with Crippen LogP contribution in [0.15, 0.2) is 12.7 Å². The van der Waals surface area contributed by atoms with Gasteiger partial charge in [-0.2, -0.15) is 0 Å². The van der Waals surface area contributed by atoms with Crippen LogP contribution in [0, 0.1) is 11.3 Å². The summed E-state index contributed by atoms with van der Waals surface area (Å²) in [6.07, 6.45) is 1.20. The Bertz CT molecular complexity index is 114. The molecule has 1 unspecified atom stereocenters. The first-order chi connectivity index (χ1) is 4.42. The minimum absolute atomic E-state index is 0.0538. The van der Waals surface area contributed by atoms with Gasteiger partial charge in [0.25, 0.3) is 0 Å². The quantitative estimate of drug-likeness (QED) is 0.599. The maximum Gasteiger partial charge on any atom is 0.0771 e. The van der Waals surface area contributed by atoms with Crippen LogP contribution in [-0.2, 0) is 0 Å². The lowest BCUT2D eigenvalue weighted by Crippen LogP contribution is -2.32. The van der Waals surface area contributed by atoms with Gasteiger partial charge in [0, 0.05) is 0 Å². The largest absolute Gasteiger partial charge is 0.388 e. The van der Waals surface area contributed by atoms with Crippen LogP contribution in [0.4, 0.5) is 0 Å². The van der Waals surface area contributed by atoms with Gasteiger partial charge in [-0.15, -0.1) is 6.58 Å². The van der Waals surface area contributed by atoms with Crippen molar-refractivity contribution in [3.05, 3.63) is 12.7 Å². The molecule has 1 atom stereocenters. The summed E-state index contributed by atoms with van der Waals surface area (Å²) in [5.41, 5.74) is -0.0538. The van der Waals surface area contributed by atoms with E-state index in [1.54, 1.807) is 6.08 Å². The molecule has 1 heteroatoms. The summed E-state index contributed by atoms with van der Waals surface area (Å²) in [4.78, 5) is 0. The van der Waals surface area contributed by atoms with Crippen molar-refractivity contribution >= 4 is 0 Å². The maximum absolute atomic E-state index is 9.44. The molecule has 0 radical (unpaired) electrons. The molecule has 0 rings (SSSR count). The van der Waals surface area contributed by atoms with Crippen molar-refractivity contribution in [2.75, 3.05) is 0 Å². The average molecular weight is 142 g/mol. The van der Waals surface area contributed by atoms with Crippen molar-refractivity contribution in [1.82, 2.24) is 0 Å². The lowest BCUT2D eigenvalue weighted by atomic mass is 9.76. The summed E-state index contributed by atoms with van der Waals surface area (Å²) in [6, 6.07) is 0. The second-order valence-electron chi connectivity index (χ2n) is 3.66. The highest BCUT2D eigenvalue weighted by molar-refractivity contribution is 4.91. The summed E-state index contributed by atoms with van der Waals surface area (Å²) in [5.74, 6) is 0.473. The monoisotopic (exact) mass is 142 g/mol. The second-order valence-corrected chi connectivity index (χ2v) is 3.66. The highest BCUT2D eigenvalue weighted by atomic mass is 16.3. The molecule has 10 heavy (non-hydrogen) atoms. The van der Waals surface area contributed by atoms with E-state index in [4.69, 9.17) is 0 Å². The van der Waals surface area contributed by atoms with Gasteiger partial charge in [0.2, 0.25) is 0 Å². The maximum atomic E-state index is 9.44. The molecule has 0 aromatic carbocycles. The zero-order valence-corrected chi connectivity index (χ0v) is 7.39. The fraction of sp³-hybridized carbons (Fsp3) is 0.778. The van der Waals surface area contributed by atoms with Gasteiger partial charge >= 0.3 is 0 Å². The summed E-state index contributed by atoms with van der Waals surface area (Å²) in [6.45, 7) is 11.9. The predicted octanol–water partition coefficient (Wildman–Crippen LogP) is 2.22. The minimum atomic E-state index is -0.396. The van der Waals surface area contributed by atoms with Gasteiger partial charge in [0.1, 0.15) is 0 Å². The third-order valence-electron chi connectivity index (χ3n) is 2.47. The molecule has 0 fully saturated rings. The van der Waals surface area contributed by atoms with Crippen LogP contribution in [0.2, 0.25) is 0 Å². The molecule has 0 saturated heterocycles. The van der Waals surface area contributed by atoms with E-state index in [0.717, 1.165) is 0 Å². The summed E-state index contributed by atoms with van der Waals surface area (Å²) >= 11 is 0. The van der Waals surface area contributed by atoms with Crippen LogP contribution < -0.4 is 0 Å². The molecule has 1 N–H and O–H groups in total. The zero-order chi connectivity index (χ0) is 8.36. The van der Waals surface area contributed by atoms with E-state index in [1.165, 1.54) is 0 Å². The van der Waals surface area contributed by atoms with Gasteiger partial charge in [-0.05, 0) is 11.3 Å². The Morgan fingerprint density at radius 3 is 1.90 bits per heavy atom. The molecule has 1 nitrogen and oxygen atoms in total. The predicted molar refractivity (Wildman–Crippen MR) is 44.8 cm³/mol. The second kappa shape index (κ2) is 3.20. The smallest absolute Gasteiger partial charge is 0.0771 e. The third-order valence-corrected chi connectivity index (χ3v) is 2.47. The van der Waals surface area contributed by atoms with Crippen molar-refractivity contribution in [1.29, 1.82) is 0 Å². The average Bonchev–Trinajstić information content (AvgIpc) is 1.86. The van der Waals surface area contributed by atoms with E-state index < -0.39 is 6.10 Å². The van der Waals surface area contributed by atoms with Gasteiger partial charge in [-0.3, -0.25) is 0 Å². The van der Waals surface area contributed by atoms with E-state index in [0.29, 0.717) is 5.92 Å². The minimum Gasteiger partial charge on any atom is -0.388 e. The van der Waals surface area contributed by atoms with E-state index in [1.807, 2.05) is 13.8 Å². The number of aliphatic hydroxyl groups excluding tert-OH is 1. The van der Waals surface area contributed by atoms with Crippen molar-refractivity contribution in [2.24, 2.45) is 11.3 Å². The van der Waals surface area contributed by atoms with Gasteiger partial charge < -0.3 is 5.11 Å². The fourth-order valence-electron chi connectivity index (χ4n) is 0.645. The van der Waals surface area contributed by atoms with Gasteiger partial charge in [0.15, 0.2) is 0 Å². The van der Waals surface area contributed by atoms with Crippen molar-refractivity contribution in [3.63, 3.8) is 0 Å². The molecule has 0 amide bonds. The lowest BCUT2D eigenvalue weighted by molar-refractivity contribution is 0.0534. The van der Waals surface area contributed by atoms with Gasteiger partial charge in [0.05, 0.1) is 6.10 Å². The van der Waals surface area contributed by atoms with Crippen molar-refractivity contribution in [2.45, 2.75) is 33.8 Å². The van der Waals surface area contributed by atoms with Crippen molar-refractivity contribution in [3.8, 4) is 0 Å². The topological polar surface area (TPSA) is 20.2 Å². The summed E-state index contributed by atoms with van der Waals surface area (Å²) in [7, 11) is 0. The molecule has 60 valence electrons. The summed E-state index contributed by atoms with van der Waals surface area (Å²) < 4.78 is 0. The normalized spacial score (nSPS) is 15.4. The number of rotatable bonds is 3. The van der Waals surface area contributed by atoms with Gasteiger partial charge in [-0.1, -0.05) is 33.8 Å². The fourth-order valence-corrected chi connectivity index (χ4v) is 0.645. The Hall–Kier alpha value is -0.300. The number of aliphatic hydroxyl groups is 1. The van der Waals surface area contributed by atoms with E-state index in [2.05, 4.69) is 20.4 Å². The molecule has 0 aromatic rings. The van der Waals surface area contributed by atoms with Crippen LogP contribution in [-0.4, -0.2) is 11.2 Å². The Balaban J connectivity index is 4.22. The molecule has 0 spiro atoms. The molecule has 0 heterocycles. The van der Waals surface area contributed by atoms with Crippen LogP contribution in [0.3, 0.4) is 0 Å². The van der Waals surface area contributed by atoms with E-state index in [9.17, 15) is 5.11 Å². The Morgan fingerprint density at radius 1 is 1.40 bits per heavy atom. The zero-order valence-electron chi connectivity index (χ0n) is 7.39. The first kappa shape index (κ1) is 9.70. The standard InChI is InChI=1S/C9H18O/c1-6-8(10)9(4,5)7(2)3/h6-8,10H,1H2,2-5H3. The molecule has 0 saturated carbocycles. The third kappa shape index (κ3) is 1.84. The SMILES string of the molecule is C=CC(O)C(C)(C)C(C)C. The van der Waals surface area contributed by atoms with E-state index in [-0.39, 0.29) is 5.41 Å². The number of hydrogen-bond donors (Lipinski definition) is 1. The van der Waals surface area contributed by atoms with Crippen LogP contribution >= 0.6 is 0 Å². The highest BCUT2D eigenvalue weighted by Crippen LogP contribution is 2.30. The Kier molecular flexibility index (Phi) is 3.10. The Morgan fingerprint density at radius 2 is 1.80 bits per heavy atom. The Labute approximate surface area is 63.8 Å². The molecule has 0 aliphatic heterocycles. The van der Waals surface area contributed by atoms with Crippen LogP contribution in [0.1, 0.15) is 27.7 Å². The lowest BCUT2D eigenvalue weighted by Gasteiger charge is -2.32. The molecule has 0 bridgehead atoms.